The highest BCUT2D eigenvalue weighted by atomic mass is 32.1. The number of rotatable bonds is 5. The lowest BCUT2D eigenvalue weighted by Crippen LogP contribution is -2.09. The normalized spacial score (nSPS) is 11.3. The van der Waals surface area contributed by atoms with E-state index in [0.717, 1.165) is 17.1 Å². The van der Waals surface area contributed by atoms with Gasteiger partial charge in [0.2, 0.25) is 0 Å². The Bertz CT molecular complexity index is 2190. The molecule has 0 fully saturated rings. The summed E-state index contributed by atoms with van der Waals surface area (Å²) in [6, 6.07) is 59.1. The lowest BCUT2D eigenvalue weighted by molar-refractivity contribution is 1.29. The quantitative estimate of drug-likeness (QED) is 0.205. The number of hydrogen-bond donors (Lipinski definition) is 0. The first-order chi connectivity index (χ1) is 20.8. The highest BCUT2D eigenvalue weighted by Crippen LogP contribution is 2.43. The molecule has 0 N–H and O–H groups in total. The molecule has 0 aliphatic carbocycles. The standard InChI is InChI=1S/C40H27NS/c1-2-13-31(14-3-1)41(33-26-21-28-11-4-5-12-30(28)27-33)32-24-22-29(23-25-32)34-15-6-7-16-35(34)37-18-10-19-38-36-17-8-9-20-39(36)42-40(37)38/h1-27H. The Labute approximate surface area is 249 Å². The molecule has 1 nitrogen and oxygen atoms in total. The summed E-state index contributed by atoms with van der Waals surface area (Å²) in [7, 11) is 0. The largest absolute Gasteiger partial charge is 0.310 e. The SMILES string of the molecule is c1ccc(N(c2ccc(-c3ccccc3-c3cccc4c3sc3ccccc34)cc2)c2ccc3ccccc3c2)cc1. The van der Waals surface area contributed by atoms with Crippen LogP contribution in [0.5, 0.6) is 0 Å². The number of thiophene rings is 1. The highest BCUT2D eigenvalue weighted by Gasteiger charge is 2.16. The topological polar surface area (TPSA) is 3.24 Å². The third kappa shape index (κ3) is 4.25. The molecule has 0 saturated heterocycles. The Morgan fingerprint density at radius 1 is 0.381 bits per heavy atom. The van der Waals surface area contributed by atoms with Gasteiger partial charge in [-0.25, -0.2) is 0 Å². The molecule has 0 aliphatic rings. The van der Waals surface area contributed by atoms with Crippen molar-refractivity contribution < 1.29 is 0 Å². The molecule has 8 rings (SSSR count). The summed E-state index contributed by atoms with van der Waals surface area (Å²) in [5, 5.41) is 5.13. The van der Waals surface area contributed by atoms with Crippen molar-refractivity contribution >= 4 is 59.3 Å². The Kier molecular flexibility index (Phi) is 6.05. The number of fused-ring (bicyclic) bond motifs is 4. The zero-order valence-electron chi connectivity index (χ0n) is 22.9. The predicted molar refractivity (Wildman–Crippen MR) is 182 cm³/mol. The molecule has 0 aliphatic heterocycles. The van der Waals surface area contributed by atoms with Gasteiger partial charge in [0.05, 0.1) is 0 Å². The summed E-state index contributed by atoms with van der Waals surface area (Å²) in [6.07, 6.45) is 0. The number of hydrogen-bond acceptors (Lipinski definition) is 2. The van der Waals surface area contributed by atoms with Crippen LogP contribution < -0.4 is 4.90 Å². The maximum Gasteiger partial charge on any atom is 0.0468 e. The monoisotopic (exact) mass is 553 g/mol. The Morgan fingerprint density at radius 2 is 1.00 bits per heavy atom. The van der Waals surface area contributed by atoms with Crippen LogP contribution in [0.1, 0.15) is 0 Å². The zero-order chi connectivity index (χ0) is 27.9. The predicted octanol–water partition coefficient (Wildman–Crippen LogP) is 12.0. The van der Waals surface area contributed by atoms with Crippen LogP contribution in [-0.2, 0) is 0 Å². The van der Waals surface area contributed by atoms with Crippen molar-refractivity contribution in [3.8, 4) is 22.3 Å². The fourth-order valence-electron chi connectivity index (χ4n) is 6.06. The molecule has 7 aromatic carbocycles. The van der Waals surface area contributed by atoms with Gasteiger partial charge in [0.1, 0.15) is 0 Å². The van der Waals surface area contributed by atoms with Gasteiger partial charge in [-0.15, -0.1) is 11.3 Å². The molecule has 1 aromatic heterocycles. The van der Waals surface area contributed by atoms with Gasteiger partial charge in [0.15, 0.2) is 0 Å². The van der Waals surface area contributed by atoms with Gasteiger partial charge in [-0.3, -0.25) is 0 Å². The number of nitrogens with zero attached hydrogens (tertiary/aromatic N) is 1. The zero-order valence-corrected chi connectivity index (χ0v) is 23.8. The van der Waals surface area contributed by atoms with Gasteiger partial charge in [0, 0.05) is 42.8 Å². The summed E-state index contributed by atoms with van der Waals surface area (Å²) in [5.74, 6) is 0. The minimum Gasteiger partial charge on any atom is -0.310 e. The molecule has 0 radical (unpaired) electrons. The van der Waals surface area contributed by atoms with Crippen molar-refractivity contribution in [1.82, 2.24) is 0 Å². The van der Waals surface area contributed by atoms with Crippen LogP contribution in [0.15, 0.2) is 164 Å². The van der Waals surface area contributed by atoms with Crippen molar-refractivity contribution in [3.63, 3.8) is 0 Å². The molecule has 0 amide bonds. The Balaban J connectivity index is 1.23. The first kappa shape index (κ1) is 24.6. The van der Waals surface area contributed by atoms with Crippen LogP contribution in [0.2, 0.25) is 0 Å². The van der Waals surface area contributed by atoms with Crippen LogP contribution in [0, 0.1) is 0 Å². The van der Waals surface area contributed by atoms with Gasteiger partial charge >= 0.3 is 0 Å². The maximum atomic E-state index is 2.33. The van der Waals surface area contributed by atoms with Crippen LogP contribution in [0.4, 0.5) is 17.1 Å². The van der Waals surface area contributed by atoms with E-state index in [-0.39, 0.29) is 0 Å². The van der Waals surface area contributed by atoms with Crippen molar-refractivity contribution in [3.05, 3.63) is 164 Å². The lowest BCUT2D eigenvalue weighted by Gasteiger charge is -2.26. The highest BCUT2D eigenvalue weighted by molar-refractivity contribution is 7.26. The molecular weight excluding hydrogens is 527 g/mol. The minimum atomic E-state index is 1.13. The van der Waals surface area contributed by atoms with Crippen molar-refractivity contribution in [2.45, 2.75) is 0 Å². The second kappa shape index (κ2) is 10.3. The fraction of sp³-hybridized carbons (Fsp3) is 0. The molecular formula is C40H27NS. The van der Waals surface area contributed by atoms with Crippen LogP contribution in [0.3, 0.4) is 0 Å². The lowest BCUT2D eigenvalue weighted by atomic mass is 9.93. The second-order valence-electron chi connectivity index (χ2n) is 10.6. The summed E-state index contributed by atoms with van der Waals surface area (Å²) in [5.41, 5.74) is 8.41. The summed E-state index contributed by atoms with van der Waals surface area (Å²) in [6.45, 7) is 0. The molecule has 8 aromatic rings. The van der Waals surface area contributed by atoms with Crippen molar-refractivity contribution in [2.24, 2.45) is 0 Å². The van der Waals surface area contributed by atoms with Crippen LogP contribution >= 0.6 is 11.3 Å². The number of benzene rings is 7. The van der Waals surface area contributed by atoms with E-state index in [9.17, 15) is 0 Å². The van der Waals surface area contributed by atoms with Crippen LogP contribution in [0.25, 0.3) is 53.2 Å². The van der Waals surface area contributed by atoms with Crippen molar-refractivity contribution in [2.75, 3.05) is 4.90 Å². The van der Waals surface area contributed by atoms with Gasteiger partial charge in [-0.1, -0.05) is 121 Å². The number of para-hydroxylation sites is 1. The van der Waals surface area contributed by atoms with E-state index in [1.54, 1.807) is 0 Å². The summed E-state index contributed by atoms with van der Waals surface area (Å²) >= 11 is 1.88. The third-order valence-electron chi connectivity index (χ3n) is 8.06. The smallest absolute Gasteiger partial charge is 0.0468 e. The molecule has 0 saturated carbocycles. The third-order valence-corrected chi connectivity index (χ3v) is 9.28. The summed E-state index contributed by atoms with van der Waals surface area (Å²) in [4.78, 5) is 2.33. The van der Waals surface area contributed by atoms with Crippen molar-refractivity contribution in [1.29, 1.82) is 0 Å². The summed E-state index contributed by atoms with van der Waals surface area (Å²) < 4.78 is 2.67. The van der Waals surface area contributed by atoms with E-state index < -0.39 is 0 Å². The van der Waals surface area contributed by atoms with Gasteiger partial charge in [-0.05, 0) is 69.9 Å². The maximum absolute atomic E-state index is 2.33. The van der Waals surface area contributed by atoms with E-state index in [2.05, 4.69) is 169 Å². The Hall–Kier alpha value is -5.18. The van der Waals surface area contributed by atoms with E-state index in [4.69, 9.17) is 0 Å². The van der Waals surface area contributed by atoms with Gasteiger partial charge < -0.3 is 4.90 Å². The molecule has 0 bridgehead atoms. The Morgan fingerprint density at radius 3 is 1.86 bits per heavy atom. The van der Waals surface area contributed by atoms with Crippen LogP contribution in [-0.4, -0.2) is 0 Å². The van der Waals surface area contributed by atoms with Gasteiger partial charge in [-0.2, -0.15) is 0 Å². The molecule has 42 heavy (non-hydrogen) atoms. The minimum absolute atomic E-state index is 1.13. The molecule has 0 unspecified atom stereocenters. The first-order valence-corrected chi connectivity index (χ1v) is 15.1. The van der Waals surface area contributed by atoms with Gasteiger partial charge in [0.25, 0.3) is 0 Å². The molecule has 1 heterocycles. The van der Waals surface area contributed by atoms with E-state index in [1.807, 2.05) is 11.3 Å². The van der Waals surface area contributed by atoms with E-state index in [1.165, 1.54) is 53.2 Å². The average molecular weight is 554 g/mol. The van der Waals surface area contributed by atoms with E-state index in [0.29, 0.717) is 0 Å². The second-order valence-corrected chi connectivity index (χ2v) is 11.6. The average Bonchev–Trinajstić information content (AvgIpc) is 3.45. The fourth-order valence-corrected chi connectivity index (χ4v) is 7.29. The number of anilines is 3. The molecule has 2 heteroatoms. The molecule has 0 atom stereocenters. The molecule has 198 valence electrons. The van der Waals surface area contributed by atoms with E-state index >= 15 is 0 Å². The molecule has 0 spiro atoms. The first-order valence-electron chi connectivity index (χ1n) is 14.3.